The van der Waals surface area contributed by atoms with Crippen molar-refractivity contribution >= 4 is 50.8 Å². The van der Waals surface area contributed by atoms with Crippen LogP contribution in [0.3, 0.4) is 0 Å². The molecule has 4 amide bonds. The monoisotopic (exact) mass is 821 g/mol. The second kappa shape index (κ2) is 16.8. The third-order valence-corrected chi connectivity index (χ3v) is 13.6. The number of allylic oxidation sites excluding steroid dienone is 2. The SMILES string of the molecule is CCOc1cc2c3cc(c(OC)cc3n1)/C=C/CC(C)(C)CCOC(=O)N[C@H]1CCCCC/C=C\[C@@H]3C[C@@]3(C(=O)NS(=O)(=O)C3CC3)NC(=O)[C@@H]3C[C@H](CN3C1=O)O2. The lowest BCUT2D eigenvalue weighted by Crippen LogP contribution is -2.58. The van der Waals surface area contributed by atoms with Gasteiger partial charge in [-0.2, -0.15) is 0 Å². The normalized spacial score (nSPS) is 29.1. The number of aromatic nitrogens is 1. The van der Waals surface area contributed by atoms with Gasteiger partial charge in [0.15, 0.2) is 0 Å². The Bertz CT molecular complexity index is 2100. The van der Waals surface area contributed by atoms with Crippen molar-refractivity contribution in [3.63, 3.8) is 0 Å². The van der Waals surface area contributed by atoms with Crippen molar-refractivity contribution < 1.29 is 46.5 Å². The van der Waals surface area contributed by atoms with Crippen LogP contribution in [0, 0.1) is 11.3 Å². The van der Waals surface area contributed by atoms with Gasteiger partial charge in [0.05, 0.1) is 37.6 Å². The molecule has 314 valence electrons. The maximum absolute atomic E-state index is 14.7. The first-order chi connectivity index (χ1) is 27.7. The number of ether oxygens (including phenoxy) is 4. The molecule has 1 aromatic carbocycles. The maximum Gasteiger partial charge on any atom is 0.407 e. The second-order valence-electron chi connectivity index (χ2n) is 16.9. The fourth-order valence-electron chi connectivity index (χ4n) is 8.08. The Balaban J connectivity index is 1.28. The van der Waals surface area contributed by atoms with E-state index in [4.69, 9.17) is 23.9 Å². The molecule has 3 aliphatic heterocycles. The van der Waals surface area contributed by atoms with E-state index >= 15 is 0 Å². The smallest absolute Gasteiger partial charge is 0.407 e. The molecule has 5 bridgehead atoms. The fraction of sp³-hybridized carbons (Fsp3) is 0.595. The molecule has 15 nitrogen and oxygen atoms in total. The summed E-state index contributed by atoms with van der Waals surface area (Å²) in [5.74, 6) is -0.992. The first-order valence-corrected chi connectivity index (χ1v) is 22.0. The zero-order valence-electron chi connectivity index (χ0n) is 33.7. The minimum atomic E-state index is -3.90. The first kappa shape index (κ1) is 41.3. The molecule has 2 saturated carbocycles. The van der Waals surface area contributed by atoms with Crippen LogP contribution in [0.5, 0.6) is 17.4 Å². The highest BCUT2D eigenvalue weighted by Crippen LogP contribution is 2.46. The Kier molecular flexibility index (Phi) is 12.0. The minimum absolute atomic E-state index is 0.0202. The number of nitrogens with one attached hydrogen (secondary N) is 3. The molecule has 0 unspecified atom stereocenters. The topological polar surface area (TPSA) is 192 Å². The Morgan fingerprint density at radius 2 is 1.90 bits per heavy atom. The van der Waals surface area contributed by atoms with Crippen molar-refractivity contribution in [1.82, 2.24) is 25.2 Å². The lowest BCUT2D eigenvalue weighted by atomic mass is 9.85. The zero-order chi connectivity index (χ0) is 41.2. The Hall–Kier alpha value is -4.86. The summed E-state index contributed by atoms with van der Waals surface area (Å²) in [4.78, 5) is 62.4. The summed E-state index contributed by atoms with van der Waals surface area (Å²) in [7, 11) is -2.32. The number of amides is 4. The third-order valence-electron chi connectivity index (χ3n) is 11.8. The number of cyclic esters (lactones) is 1. The van der Waals surface area contributed by atoms with E-state index in [1.165, 1.54) is 4.90 Å². The van der Waals surface area contributed by atoms with Gasteiger partial charge >= 0.3 is 6.09 Å². The van der Waals surface area contributed by atoms with Gasteiger partial charge in [0, 0.05) is 35.4 Å². The minimum Gasteiger partial charge on any atom is -0.496 e. The second-order valence-corrected chi connectivity index (χ2v) is 18.8. The molecule has 3 fully saturated rings. The van der Waals surface area contributed by atoms with Crippen LogP contribution >= 0.6 is 0 Å². The molecule has 5 aliphatic rings. The molecule has 2 aromatic rings. The maximum atomic E-state index is 14.7. The van der Waals surface area contributed by atoms with E-state index in [1.807, 2.05) is 37.3 Å². The summed E-state index contributed by atoms with van der Waals surface area (Å²) < 4.78 is 52.0. The quantitative estimate of drug-likeness (QED) is 0.335. The molecule has 3 N–H and O–H groups in total. The first-order valence-electron chi connectivity index (χ1n) is 20.5. The molecule has 4 heterocycles. The standard InChI is InChI=1S/C42H55N5O10S/c1-5-55-36-23-35-30-20-26(34(54-4)22-32(30)43-36)12-11-17-41(2,3)18-19-56-40(51)44-31-14-10-8-6-7-9-13-27-24-42(27,39(50)46-58(52,53)29-15-16-29)45-37(48)33-21-28(57-35)25-47(33)38(31)49/h9,11-13,20,22-23,27-29,31,33H,5-8,10,14-19,21,24-25H2,1-4H3,(H,44,51)(H,45,48)(H,46,50)/b12-11+,13-9-/t27-,28-,31+,33+,42-/m1/s1. The number of carbonyl (C=O) groups is 4. The molecule has 0 radical (unpaired) electrons. The fourth-order valence-corrected chi connectivity index (χ4v) is 9.44. The lowest BCUT2D eigenvalue weighted by molar-refractivity contribution is -0.141. The summed E-state index contributed by atoms with van der Waals surface area (Å²) in [5.41, 5.74) is -0.404. The van der Waals surface area contributed by atoms with Crippen molar-refractivity contribution in [3.05, 3.63) is 42.0 Å². The summed E-state index contributed by atoms with van der Waals surface area (Å²) in [6.45, 7) is 6.48. The van der Waals surface area contributed by atoms with E-state index in [0.717, 1.165) is 18.4 Å². The molecule has 7 rings (SSSR count). The van der Waals surface area contributed by atoms with Crippen molar-refractivity contribution in [2.75, 3.05) is 26.9 Å². The van der Waals surface area contributed by atoms with E-state index in [9.17, 15) is 27.6 Å². The molecular weight excluding hydrogens is 767 g/mol. The van der Waals surface area contributed by atoms with Gasteiger partial charge in [0.25, 0.3) is 5.91 Å². The van der Waals surface area contributed by atoms with Crippen LogP contribution in [-0.4, -0.2) is 98.0 Å². The van der Waals surface area contributed by atoms with Crippen LogP contribution in [-0.2, 0) is 29.1 Å². The molecule has 2 aliphatic carbocycles. The number of fused-ring (bicyclic) bond motifs is 4. The number of nitrogens with zero attached hydrogens (tertiary/aromatic N) is 2. The highest BCUT2D eigenvalue weighted by Gasteiger charge is 2.62. The third kappa shape index (κ3) is 9.21. The van der Waals surface area contributed by atoms with E-state index in [0.29, 0.717) is 79.8 Å². The summed E-state index contributed by atoms with van der Waals surface area (Å²) >= 11 is 0. The molecular formula is C42H55N5O10S. The highest BCUT2D eigenvalue weighted by molar-refractivity contribution is 7.91. The van der Waals surface area contributed by atoms with E-state index in [2.05, 4.69) is 35.3 Å². The number of hydrogen-bond donors (Lipinski definition) is 3. The molecule has 16 heteroatoms. The van der Waals surface area contributed by atoms with E-state index < -0.39 is 68.7 Å². The van der Waals surface area contributed by atoms with Gasteiger partial charge in [-0.05, 0) is 69.8 Å². The van der Waals surface area contributed by atoms with Gasteiger partial charge in [-0.3, -0.25) is 19.1 Å². The summed E-state index contributed by atoms with van der Waals surface area (Å²) in [6, 6.07) is 3.31. The van der Waals surface area contributed by atoms with Gasteiger partial charge in [-0.1, -0.05) is 51.0 Å². The van der Waals surface area contributed by atoms with Gasteiger partial charge < -0.3 is 34.5 Å². The van der Waals surface area contributed by atoms with Crippen LogP contribution in [0.4, 0.5) is 4.79 Å². The van der Waals surface area contributed by atoms with Gasteiger partial charge in [-0.15, -0.1) is 0 Å². The largest absolute Gasteiger partial charge is 0.496 e. The molecule has 1 saturated heterocycles. The summed E-state index contributed by atoms with van der Waals surface area (Å²) in [6.07, 6.45) is 12.0. The molecule has 58 heavy (non-hydrogen) atoms. The van der Waals surface area contributed by atoms with Crippen LogP contribution in [0.1, 0.15) is 97.0 Å². The highest BCUT2D eigenvalue weighted by atomic mass is 32.2. The van der Waals surface area contributed by atoms with Gasteiger partial charge in [0.2, 0.25) is 27.7 Å². The number of pyridine rings is 1. The van der Waals surface area contributed by atoms with Crippen molar-refractivity contribution in [2.24, 2.45) is 11.3 Å². The van der Waals surface area contributed by atoms with Crippen LogP contribution in [0.15, 0.2) is 36.4 Å². The van der Waals surface area contributed by atoms with Gasteiger partial charge in [0.1, 0.15) is 35.2 Å². The Morgan fingerprint density at radius 1 is 1.09 bits per heavy atom. The number of sulfonamides is 1. The van der Waals surface area contributed by atoms with Crippen molar-refractivity contribution in [3.8, 4) is 17.4 Å². The van der Waals surface area contributed by atoms with Crippen molar-refractivity contribution in [2.45, 2.75) is 120 Å². The molecule has 5 atom stereocenters. The predicted octanol–water partition coefficient (Wildman–Crippen LogP) is 4.92. The lowest BCUT2D eigenvalue weighted by Gasteiger charge is -2.30. The number of carbonyl (C=O) groups excluding carboxylic acids is 4. The summed E-state index contributed by atoms with van der Waals surface area (Å²) in [5, 5.41) is 5.74. The zero-order valence-corrected chi connectivity index (χ0v) is 34.5. The number of methoxy groups -OCH3 is 1. The average molecular weight is 822 g/mol. The van der Waals surface area contributed by atoms with Crippen LogP contribution in [0.2, 0.25) is 0 Å². The van der Waals surface area contributed by atoms with Gasteiger partial charge in [-0.25, -0.2) is 18.2 Å². The average Bonchev–Trinajstić information content (AvgIpc) is 4.10. The van der Waals surface area contributed by atoms with Crippen LogP contribution < -0.4 is 29.6 Å². The Labute approximate surface area is 339 Å². The Morgan fingerprint density at radius 3 is 2.66 bits per heavy atom. The predicted molar refractivity (Wildman–Crippen MR) is 216 cm³/mol. The van der Waals surface area contributed by atoms with E-state index in [1.54, 1.807) is 13.2 Å². The number of benzene rings is 1. The molecule has 1 aromatic heterocycles. The van der Waals surface area contributed by atoms with E-state index in [-0.39, 0.29) is 31.4 Å². The number of rotatable bonds is 6. The number of alkyl carbamates (subject to hydrolysis) is 1. The van der Waals surface area contributed by atoms with Crippen LogP contribution in [0.25, 0.3) is 17.0 Å². The molecule has 0 spiro atoms. The van der Waals surface area contributed by atoms with Crippen molar-refractivity contribution in [1.29, 1.82) is 0 Å². The number of hydrogen-bond acceptors (Lipinski definition) is 11.